The van der Waals surface area contributed by atoms with E-state index in [9.17, 15) is 0 Å². The molecule has 4 nitrogen and oxygen atoms in total. The lowest BCUT2D eigenvalue weighted by molar-refractivity contribution is 0.203. The zero-order chi connectivity index (χ0) is 14.6. The molecule has 0 aliphatic heterocycles. The summed E-state index contributed by atoms with van der Waals surface area (Å²) < 4.78 is 5.15. The van der Waals surface area contributed by atoms with Crippen LogP contribution in [0.25, 0.3) is 0 Å². The van der Waals surface area contributed by atoms with Crippen LogP contribution in [0, 0.1) is 0 Å². The molecular formula is C14H24ClN3O. The van der Waals surface area contributed by atoms with E-state index in [1.807, 2.05) is 6.07 Å². The van der Waals surface area contributed by atoms with Gasteiger partial charge in [-0.05, 0) is 13.8 Å². The van der Waals surface area contributed by atoms with Gasteiger partial charge < -0.3 is 9.64 Å². The van der Waals surface area contributed by atoms with Gasteiger partial charge in [-0.15, -0.1) is 0 Å². The SMILES string of the molecule is COCCN(c1cc(Cl)nc(C(C)(C)C)n1)C(C)C. The Morgan fingerprint density at radius 1 is 1.32 bits per heavy atom. The van der Waals surface area contributed by atoms with Gasteiger partial charge in [-0.2, -0.15) is 0 Å². The number of aromatic nitrogens is 2. The van der Waals surface area contributed by atoms with Gasteiger partial charge in [0.2, 0.25) is 0 Å². The highest BCUT2D eigenvalue weighted by Crippen LogP contribution is 2.24. The first-order valence-electron chi connectivity index (χ1n) is 6.56. The summed E-state index contributed by atoms with van der Waals surface area (Å²) in [5.74, 6) is 1.62. The molecule has 0 saturated heterocycles. The monoisotopic (exact) mass is 285 g/mol. The van der Waals surface area contributed by atoms with Crippen molar-refractivity contribution in [1.82, 2.24) is 9.97 Å². The number of rotatable bonds is 5. The number of ether oxygens (including phenoxy) is 1. The summed E-state index contributed by atoms with van der Waals surface area (Å²) in [4.78, 5) is 11.2. The second-order valence-corrected chi connectivity index (χ2v) is 6.29. The maximum atomic E-state index is 6.13. The molecule has 0 unspecified atom stereocenters. The van der Waals surface area contributed by atoms with Crippen molar-refractivity contribution in [2.24, 2.45) is 0 Å². The molecule has 0 amide bonds. The standard InChI is InChI=1S/C14H24ClN3O/c1-10(2)18(7-8-19-6)12-9-11(15)16-13(17-12)14(3,4)5/h9-10H,7-8H2,1-6H3. The van der Waals surface area contributed by atoms with Crippen molar-refractivity contribution in [1.29, 1.82) is 0 Å². The van der Waals surface area contributed by atoms with Gasteiger partial charge in [0.1, 0.15) is 16.8 Å². The number of nitrogens with zero attached hydrogens (tertiary/aromatic N) is 3. The summed E-state index contributed by atoms with van der Waals surface area (Å²) in [6.45, 7) is 11.9. The maximum absolute atomic E-state index is 6.13. The second kappa shape index (κ2) is 6.53. The van der Waals surface area contributed by atoms with Gasteiger partial charge in [0, 0.05) is 31.2 Å². The first kappa shape index (κ1) is 16.2. The molecule has 0 aliphatic rings. The average Bonchev–Trinajstić information content (AvgIpc) is 2.27. The van der Waals surface area contributed by atoms with Crippen LogP contribution < -0.4 is 4.90 Å². The van der Waals surface area contributed by atoms with E-state index >= 15 is 0 Å². The van der Waals surface area contributed by atoms with E-state index in [1.165, 1.54) is 0 Å². The van der Waals surface area contributed by atoms with Crippen LogP contribution in [-0.4, -0.2) is 36.3 Å². The smallest absolute Gasteiger partial charge is 0.137 e. The highest BCUT2D eigenvalue weighted by atomic mass is 35.5. The predicted molar refractivity (Wildman–Crippen MR) is 80.1 cm³/mol. The Morgan fingerprint density at radius 3 is 2.42 bits per heavy atom. The van der Waals surface area contributed by atoms with Gasteiger partial charge in [0.05, 0.1) is 6.61 Å². The zero-order valence-corrected chi connectivity index (χ0v) is 13.5. The molecule has 0 N–H and O–H groups in total. The van der Waals surface area contributed by atoms with E-state index in [-0.39, 0.29) is 5.41 Å². The summed E-state index contributed by atoms with van der Waals surface area (Å²) in [7, 11) is 1.70. The van der Waals surface area contributed by atoms with Crippen molar-refractivity contribution in [3.05, 3.63) is 17.0 Å². The van der Waals surface area contributed by atoms with Crippen molar-refractivity contribution in [2.45, 2.75) is 46.1 Å². The number of hydrogen-bond acceptors (Lipinski definition) is 4. The number of halogens is 1. The van der Waals surface area contributed by atoms with Crippen LogP contribution in [0.2, 0.25) is 5.15 Å². The van der Waals surface area contributed by atoms with Gasteiger partial charge in [-0.1, -0.05) is 32.4 Å². The molecule has 108 valence electrons. The quantitative estimate of drug-likeness (QED) is 0.778. The highest BCUT2D eigenvalue weighted by Gasteiger charge is 2.21. The van der Waals surface area contributed by atoms with Crippen LogP contribution in [-0.2, 0) is 10.2 Å². The summed E-state index contributed by atoms with van der Waals surface area (Å²) >= 11 is 6.13. The normalized spacial score (nSPS) is 12.0. The van der Waals surface area contributed by atoms with E-state index in [0.717, 1.165) is 18.2 Å². The highest BCUT2D eigenvalue weighted by molar-refractivity contribution is 6.29. The van der Waals surface area contributed by atoms with Crippen molar-refractivity contribution >= 4 is 17.4 Å². The Kier molecular flexibility index (Phi) is 5.56. The lowest BCUT2D eigenvalue weighted by Gasteiger charge is -2.29. The predicted octanol–water partition coefficient (Wildman–Crippen LogP) is 3.29. The van der Waals surface area contributed by atoms with E-state index < -0.39 is 0 Å². The summed E-state index contributed by atoms with van der Waals surface area (Å²) in [5, 5.41) is 0.484. The topological polar surface area (TPSA) is 38.2 Å². The van der Waals surface area contributed by atoms with Crippen molar-refractivity contribution in [3.63, 3.8) is 0 Å². The van der Waals surface area contributed by atoms with Crippen LogP contribution in [0.3, 0.4) is 0 Å². The minimum Gasteiger partial charge on any atom is -0.383 e. The van der Waals surface area contributed by atoms with Crippen LogP contribution in [0.1, 0.15) is 40.4 Å². The molecule has 1 heterocycles. The Morgan fingerprint density at radius 2 is 1.95 bits per heavy atom. The summed E-state index contributed by atoms with van der Waals surface area (Å²) in [6.07, 6.45) is 0. The number of anilines is 1. The Bertz CT molecular complexity index is 416. The largest absolute Gasteiger partial charge is 0.383 e. The van der Waals surface area contributed by atoms with Crippen molar-refractivity contribution in [3.8, 4) is 0 Å². The maximum Gasteiger partial charge on any atom is 0.137 e. The summed E-state index contributed by atoms with van der Waals surface area (Å²) in [6, 6.07) is 2.14. The molecule has 5 heteroatoms. The molecule has 0 aliphatic carbocycles. The molecule has 1 rings (SSSR count). The molecule has 0 radical (unpaired) electrons. The number of methoxy groups -OCH3 is 1. The molecule has 0 atom stereocenters. The third-order valence-electron chi connectivity index (χ3n) is 2.81. The van der Waals surface area contributed by atoms with E-state index in [0.29, 0.717) is 17.8 Å². The van der Waals surface area contributed by atoms with Gasteiger partial charge in [-0.3, -0.25) is 0 Å². The fourth-order valence-electron chi connectivity index (χ4n) is 1.72. The Balaban J connectivity index is 3.12. The first-order chi connectivity index (χ1) is 8.75. The van der Waals surface area contributed by atoms with E-state index in [2.05, 4.69) is 49.5 Å². The van der Waals surface area contributed by atoms with E-state index in [1.54, 1.807) is 7.11 Å². The van der Waals surface area contributed by atoms with Gasteiger partial charge in [-0.25, -0.2) is 9.97 Å². The third kappa shape index (κ3) is 4.62. The lowest BCUT2D eigenvalue weighted by atomic mass is 9.96. The van der Waals surface area contributed by atoms with Crippen molar-refractivity contribution in [2.75, 3.05) is 25.2 Å². The van der Waals surface area contributed by atoms with Crippen LogP contribution in [0.4, 0.5) is 5.82 Å². The first-order valence-corrected chi connectivity index (χ1v) is 6.94. The molecule has 1 aromatic rings. The molecule has 0 spiro atoms. The zero-order valence-electron chi connectivity index (χ0n) is 12.7. The number of hydrogen-bond donors (Lipinski definition) is 0. The minimum atomic E-state index is -0.121. The molecule has 19 heavy (non-hydrogen) atoms. The van der Waals surface area contributed by atoms with Gasteiger partial charge in [0.25, 0.3) is 0 Å². The summed E-state index contributed by atoms with van der Waals surface area (Å²) in [5.41, 5.74) is -0.121. The lowest BCUT2D eigenvalue weighted by Crippen LogP contribution is -2.35. The van der Waals surface area contributed by atoms with Gasteiger partial charge in [0.15, 0.2) is 0 Å². The minimum absolute atomic E-state index is 0.121. The fraction of sp³-hybridized carbons (Fsp3) is 0.714. The van der Waals surface area contributed by atoms with Crippen LogP contribution >= 0.6 is 11.6 Å². The second-order valence-electron chi connectivity index (χ2n) is 5.90. The Hall–Kier alpha value is -0.870. The third-order valence-corrected chi connectivity index (χ3v) is 3.00. The van der Waals surface area contributed by atoms with Gasteiger partial charge >= 0.3 is 0 Å². The molecule has 0 fully saturated rings. The Labute approximate surface area is 121 Å². The van der Waals surface area contributed by atoms with E-state index in [4.69, 9.17) is 16.3 Å². The molecule has 0 bridgehead atoms. The molecular weight excluding hydrogens is 262 g/mol. The van der Waals surface area contributed by atoms with Crippen LogP contribution in [0.15, 0.2) is 6.07 Å². The average molecular weight is 286 g/mol. The van der Waals surface area contributed by atoms with Crippen molar-refractivity contribution < 1.29 is 4.74 Å². The fourth-order valence-corrected chi connectivity index (χ4v) is 1.89. The van der Waals surface area contributed by atoms with Crippen LogP contribution in [0.5, 0.6) is 0 Å². The molecule has 1 aromatic heterocycles. The molecule has 0 aromatic carbocycles. The molecule has 0 saturated carbocycles.